The summed E-state index contributed by atoms with van der Waals surface area (Å²) >= 11 is 0. The second-order valence-electron chi connectivity index (χ2n) is 5.23. The summed E-state index contributed by atoms with van der Waals surface area (Å²) in [5.74, 6) is 0.936. The molecule has 20 heavy (non-hydrogen) atoms. The molecular weight excluding hydrogens is 258 g/mol. The maximum absolute atomic E-state index is 11.4. The van der Waals surface area contributed by atoms with Gasteiger partial charge in [-0.05, 0) is 13.3 Å². The number of guanidine groups is 1. The zero-order chi connectivity index (χ0) is 15.0. The Morgan fingerprint density at radius 2 is 2.35 bits per heavy atom. The molecular formula is C14H27N3O3. The Balaban J connectivity index is 2.54. The summed E-state index contributed by atoms with van der Waals surface area (Å²) in [7, 11) is 3.42. The van der Waals surface area contributed by atoms with Crippen LogP contribution < -0.4 is 5.32 Å². The molecule has 0 aromatic heterocycles. The van der Waals surface area contributed by atoms with E-state index in [2.05, 4.69) is 15.2 Å². The average molecular weight is 285 g/mol. The summed E-state index contributed by atoms with van der Waals surface area (Å²) in [5.41, 5.74) is 0. The highest BCUT2D eigenvalue weighted by atomic mass is 16.5. The van der Waals surface area contributed by atoms with Gasteiger partial charge in [0.25, 0.3) is 0 Å². The van der Waals surface area contributed by atoms with E-state index in [1.807, 2.05) is 20.9 Å². The second kappa shape index (κ2) is 8.79. The maximum atomic E-state index is 11.4. The van der Waals surface area contributed by atoms with Gasteiger partial charge in [0.05, 0.1) is 26.2 Å². The first-order valence-corrected chi connectivity index (χ1v) is 7.23. The first kappa shape index (κ1) is 16.8. The van der Waals surface area contributed by atoms with Gasteiger partial charge in [-0.3, -0.25) is 9.79 Å². The zero-order valence-electron chi connectivity index (χ0n) is 13.0. The summed E-state index contributed by atoms with van der Waals surface area (Å²) in [6.07, 6.45) is 1.10. The molecule has 0 radical (unpaired) electrons. The minimum atomic E-state index is -0.226. The topological polar surface area (TPSA) is 63.2 Å². The lowest BCUT2D eigenvalue weighted by Crippen LogP contribution is -2.41. The fourth-order valence-electron chi connectivity index (χ4n) is 2.17. The molecule has 0 aromatic rings. The highest BCUT2D eigenvalue weighted by Crippen LogP contribution is 2.13. The van der Waals surface area contributed by atoms with Gasteiger partial charge < -0.3 is 19.7 Å². The first-order chi connectivity index (χ1) is 9.58. The van der Waals surface area contributed by atoms with Crippen LogP contribution in [0.3, 0.4) is 0 Å². The highest BCUT2D eigenvalue weighted by molar-refractivity contribution is 5.80. The summed E-state index contributed by atoms with van der Waals surface area (Å²) < 4.78 is 10.1. The van der Waals surface area contributed by atoms with Crippen LogP contribution in [0.1, 0.15) is 20.3 Å². The van der Waals surface area contributed by atoms with E-state index in [1.165, 1.54) is 7.11 Å². The Hall–Kier alpha value is -1.30. The van der Waals surface area contributed by atoms with Crippen LogP contribution >= 0.6 is 0 Å². The van der Waals surface area contributed by atoms with Gasteiger partial charge in [-0.25, -0.2) is 0 Å². The van der Waals surface area contributed by atoms with Crippen LogP contribution in [0, 0.1) is 11.8 Å². The third-order valence-electron chi connectivity index (χ3n) is 3.37. The Morgan fingerprint density at radius 3 is 2.90 bits per heavy atom. The van der Waals surface area contributed by atoms with E-state index in [0.717, 1.165) is 38.7 Å². The molecule has 0 aromatic carbocycles. The molecule has 1 N–H and O–H groups in total. The van der Waals surface area contributed by atoms with E-state index in [-0.39, 0.29) is 11.9 Å². The van der Waals surface area contributed by atoms with Gasteiger partial charge in [0.1, 0.15) is 0 Å². The highest BCUT2D eigenvalue weighted by Gasteiger charge is 2.19. The molecule has 0 aliphatic carbocycles. The Bertz CT molecular complexity index is 328. The fraction of sp³-hybridized carbons (Fsp3) is 0.857. The molecule has 116 valence electrons. The van der Waals surface area contributed by atoms with Crippen molar-refractivity contribution in [2.24, 2.45) is 16.8 Å². The van der Waals surface area contributed by atoms with Crippen LogP contribution in [0.2, 0.25) is 0 Å². The molecule has 1 saturated heterocycles. The van der Waals surface area contributed by atoms with Gasteiger partial charge in [0.2, 0.25) is 0 Å². The van der Waals surface area contributed by atoms with Gasteiger partial charge in [-0.15, -0.1) is 0 Å². The van der Waals surface area contributed by atoms with E-state index in [1.54, 1.807) is 0 Å². The van der Waals surface area contributed by atoms with E-state index in [9.17, 15) is 4.79 Å². The Morgan fingerprint density at radius 1 is 1.60 bits per heavy atom. The van der Waals surface area contributed by atoms with E-state index in [0.29, 0.717) is 12.5 Å². The second-order valence-corrected chi connectivity index (χ2v) is 5.23. The summed E-state index contributed by atoms with van der Waals surface area (Å²) in [4.78, 5) is 18.0. The number of esters is 1. The van der Waals surface area contributed by atoms with Crippen molar-refractivity contribution in [1.29, 1.82) is 0 Å². The SMILES string of the molecule is CCNC(=NCC(C)C(=O)OC)N(C)CC1CCOC1. The number of hydrogen-bond acceptors (Lipinski definition) is 4. The number of hydrogen-bond donors (Lipinski definition) is 1. The third-order valence-corrected chi connectivity index (χ3v) is 3.37. The van der Waals surface area contributed by atoms with Crippen LogP contribution in [-0.4, -0.2) is 63.8 Å². The molecule has 0 amide bonds. The lowest BCUT2D eigenvalue weighted by atomic mass is 10.1. The van der Waals surface area contributed by atoms with Gasteiger partial charge in [-0.2, -0.15) is 0 Å². The van der Waals surface area contributed by atoms with Crippen LogP contribution in [0.15, 0.2) is 4.99 Å². The first-order valence-electron chi connectivity index (χ1n) is 7.23. The van der Waals surface area contributed by atoms with Crippen molar-refractivity contribution in [1.82, 2.24) is 10.2 Å². The lowest BCUT2D eigenvalue weighted by molar-refractivity contribution is -0.144. The minimum absolute atomic E-state index is 0.225. The van der Waals surface area contributed by atoms with Gasteiger partial charge in [0.15, 0.2) is 5.96 Å². The van der Waals surface area contributed by atoms with Crippen LogP contribution in [0.25, 0.3) is 0 Å². The molecule has 1 heterocycles. The molecule has 0 bridgehead atoms. The Kier molecular flexibility index (Phi) is 7.36. The van der Waals surface area contributed by atoms with Crippen molar-refractivity contribution in [3.05, 3.63) is 0 Å². The van der Waals surface area contributed by atoms with E-state index >= 15 is 0 Å². The Labute approximate surface area is 121 Å². The van der Waals surface area contributed by atoms with Gasteiger partial charge >= 0.3 is 5.97 Å². The molecule has 2 unspecified atom stereocenters. The van der Waals surface area contributed by atoms with Crippen molar-refractivity contribution in [2.75, 3.05) is 47.0 Å². The maximum Gasteiger partial charge on any atom is 0.310 e. The van der Waals surface area contributed by atoms with Crippen molar-refractivity contribution < 1.29 is 14.3 Å². The average Bonchev–Trinajstić information content (AvgIpc) is 2.94. The summed E-state index contributed by atoms with van der Waals surface area (Å²) in [6, 6.07) is 0. The zero-order valence-corrected chi connectivity index (χ0v) is 13.0. The molecule has 0 saturated carbocycles. The summed E-state index contributed by atoms with van der Waals surface area (Å²) in [6.45, 7) is 7.68. The predicted octanol–water partition coefficient (Wildman–Crippen LogP) is 0.729. The van der Waals surface area contributed by atoms with Gasteiger partial charge in [-0.1, -0.05) is 6.92 Å². The van der Waals surface area contributed by atoms with Crippen LogP contribution in [0.4, 0.5) is 0 Å². The predicted molar refractivity (Wildman–Crippen MR) is 78.7 cm³/mol. The largest absolute Gasteiger partial charge is 0.469 e. The number of rotatable bonds is 6. The van der Waals surface area contributed by atoms with Crippen LogP contribution in [-0.2, 0) is 14.3 Å². The monoisotopic (exact) mass is 285 g/mol. The van der Waals surface area contributed by atoms with Crippen molar-refractivity contribution in [2.45, 2.75) is 20.3 Å². The number of carbonyl (C=O) groups is 1. The molecule has 1 rings (SSSR count). The number of ether oxygens (including phenoxy) is 2. The normalized spacial score (nSPS) is 20.6. The van der Waals surface area contributed by atoms with Crippen LogP contribution in [0.5, 0.6) is 0 Å². The number of nitrogens with one attached hydrogen (secondary N) is 1. The van der Waals surface area contributed by atoms with Crippen molar-refractivity contribution in [3.63, 3.8) is 0 Å². The standard InChI is InChI=1S/C14H27N3O3/c1-5-15-14(16-8-11(2)13(18)19-4)17(3)9-12-6-7-20-10-12/h11-12H,5-10H2,1-4H3,(H,15,16). The molecule has 6 nitrogen and oxygen atoms in total. The number of aliphatic imine (C=N–C) groups is 1. The third kappa shape index (κ3) is 5.36. The number of nitrogens with zero attached hydrogens (tertiary/aromatic N) is 2. The van der Waals surface area contributed by atoms with E-state index < -0.39 is 0 Å². The molecule has 2 atom stereocenters. The number of carbonyl (C=O) groups excluding carboxylic acids is 1. The minimum Gasteiger partial charge on any atom is -0.469 e. The molecule has 1 aliphatic rings. The lowest BCUT2D eigenvalue weighted by Gasteiger charge is -2.24. The van der Waals surface area contributed by atoms with Crippen molar-refractivity contribution >= 4 is 11.9 Å². The van der Waals surface area contributed by atoms with Gasteiger partial charge in [0, 0.05) is 32.7 Å². The van der Waals surface area contributed by atoms with Crippen molar-refractivity contribution in [3.8, 4) is 0 Å². The fourth-order valence-corrected chi connectivity index (χ4v) is 2.17. The molecule has 0 spiro atoms. The molecule has 6 heteroatoms. The molecule has 1 aliphatic heterocycles. The smallest absolute Gasteiger partial charge is 0.310 e. The quantitative estimate of drug-likeness (QED) is 0.443. The molecule has 1 fully saturated rings. The summed E-state index contributed by atoms with van der Waals surface area (Å²) in [5, 5.41) is 3.25. The number of methoxy groups -OCH3 is 1. The van der Waals surface area contributed by atoms with E-state index in [4.69, 9.17) is 9.47 Å².